The van der Waals surface area contributed by atoms with Gasteiger partial charge in [-0.3, -0.25) is 0 Å². The quantitative estimate of drug-likeness (QED) is 0.872. The van der Waals surface area contributed by atoms with Crippen molar-refractivity contribution in [3.8, 4) is 0 Å². The molecule has 3 atom stereocenters. The maximum absolute atomic E-state index is 13.5. The van der Waals surface area contributed by atoms with Crippen LogP contribution in [-0.4, -0.2) is 49.9 Å². The van der Waals surface area contributed by atoms with Gasteiger partial charge in [0.05, 0.1) is 19.3 Å². The molecule has 1 aromatic rings. The number of halogens is 1. The van der Waals surface area contributed by atoms with Gasteiger partial charge in [0.15, 0.2) is 0 Å². The van der Waals surface area contributed by atoms with Crippen LogP contribution >= 0.6 is 0 Å². The van der Waals surface area contributed by atoms with Gasteiger partial charge < -0.3 is 19.7 Å². The lowest BCUT2D eigenvalue weighted by atomic mass is 9.78. The van der Waals surface area contributed by atoms with Crippen LogP contribution in [0.25, 0.3) is 0 Å². The molecule has 0 aromatic heterocycles. The summed E-state index contributed by atoms with van der Waals surface area (Å²) in [5.74, 6) is 0.0333. The Bertz CT molecular complexity index is 647. The predicted molar refractivity (Wildman–Crippen MR) is 102 cm³/mol. The van der Waals surface area contributed by atoms with Crippen LogP contribution in [0.2, 0.25) is 0 Å². The fourth-order valence-electron chi connectivity index (χ4n) is 4.08. The molecule has 0 aliphatic carbocycles. The molecule has 2 fully saturated rings. The summed E-state index contributed by atoms with van der Waals surface area (Å²) in [5, 5.41) is 3.08. The summed E-state index contributed by atoms with van der Waals surface area (Å²) in [6.07, 6.45) is 1.96. The molecular formula is C21H31FN2O3. The van der Waals surface area contributed by atoms with E-state index in [0.717, 1.165) is 25.0 Å². The maximum atomic E-state index is 13.5. The summed E-state index contributed by atoms with van der Waals surface area (Å²) in [7, 11) is 0. The van der Waals surface area contributed by atoms with Crippen molar-refractivity contribution in [1.29, 1.82) is 0 Å². The number of hydrogen-bond acceptors (Lipinski definition) is 3. The summed E-state index contributed by atoms with van der Waals surface area (Å²) in [6.45, 7) is 9.39. The highest BCUT2D eigenvalue weighted by Gasteiger charge is 2.36. The third kappa shape index (κ3) is 5.20. The normalized spacial score (nSPS) is 26.7. The first-order valence-corrected chi connectivity index (χ1v) is 9.86. The summed E-state index contributed by atoms with van der Waals surface area (Å²) >= 11 is 0. The molecule has 2 saturated heterocycles. The van der Waals surface area contributed by atoms with Gasteiger partial charge in [-0.05, 0) is 36.0 Å². The molecule has 27 heavy (non-hydrogen) atoms. The topological polar surface area (TPSA) is 50.8 Å². The van der Waals surface area contributed by atoms with Gasteiger partial charge in [0.1, 0.15) is 11.9 Å². The van der Waals surface area contributed by atoms with E-state index in [-0.39, 0.29) is 29.5 Å². The number of morpholine rings is 1. The average molecular weight is 378 g/mol. The Balaban J connectivity index is 1.56. The van der Waals surface area contributed by atoms with Crippen LogP contribution in [0.4, 0.5) is 9.18 Å². The van der Waals surface area contributed by atoms with Gasteiger partial charge in [0.2, 0.25) is 0 Å². The number of rotatable bonds is 3. The Kier molecular flexibility index (Phi) is 6.37. The lowest BCUT2D eigenvalue weighted by molar-refractivity contribution is -0.0841. The summed E-state index contributed by atoms with van der Waals surface area (Å²) in [5.41, 5.74) is 0.818. The monoisotopic (exact) mass is 378 g/mol. The lowest BCUT2D eigenvalue weighted by Gasteiger charge is -2.40. The second-order valence-electron chi connectivity index (χ2n) is 8.61. The maximum Gasteiger partial charge on any atom is 0.317 e. The van der Waals surface area contributed by atoms with Gasteiger partial charge in [-0.2, -0.15) is 0 Å². The molecule has 0 bridgehead atoms. The number of urea groups is 1. The molecule has 0 saturated carbocycles. The van der Waals surface area contributed by atoms with Gasteiger partial charge in [-0.25, -0.2) is 9.18 Å². The Hall–Kier alpha value is -1.66. The number of carbonyl (C=O) groups is 1. The van der Waals surface area contributed by atoms with Crippen molar-refractivity contribution in [3.05, 3.63) is 35.6 Å². The Morgan fingerprint density at radius 2 is 2.11 bits per heavy atom. The van der Waals surface area contributed by atoms with E-state index >= 15 is 0 Å². The van der Waals surface area contributed by atoms with Crippen LogP contribution in [0.1, 0.15) is 45.3 Å². The van der Waals surface area contributed by atoms with Crippen molar-refractivity contribution < 1.29 is 18.7 Å². The van der Waals surface area contributed by atoms with Crippen LogP contribution in [0.5, 0.6) is 0 Å². The van der Waals surface area contributed by atoms with Crippen molar-refractivity contribution in [3.63, 3.8) is 0 Å². The SMILES string of the molecule is CC(C)(C)C1OCCCC1CNC(=O)N1CCOC(c2cccc(F)c2)C1. The second-order valence-corrected chi connectivity index (χ2v) is 8.61. The van der Waals surface area contributed by atoms with Crippen LogP contribution < -0.4 is 5.32 Å². The van der Waals surface area contributed by atoms with E-state index in [9.17, 15) is 9.18 Å². The molecule has 5 nitrogen and oxygen atoms in total. The highest BCUT2D eigenvalue weighted by molar-refractivity contribution is 5.74. The van der Waals surface area contributed by atoms with Gasteiger partial charge >= 0.3 is 6.03 Å². The molecule has 2 heterocycles. The van der Waals surface area contributed by atoms with Gasteiger partial charge in [-0.1, -0.05) is 32.9 Å². The van der Waals surface area contributed by atoms with Crippen LogP contribution in [-0.2, 0) is 9.47 Å². The standard InChI is InChI=1S/C21H31FN2O3/c1-21(2,3)19-16(7-5-10-27-19)13-23-20(25)24-9-11-26-18(14-24)15-6-4-8-17(22)12-15/h4,6,8,12,16,18-19H,5,7,9-11,13-14H2,1-3H3,(H,23,25). The third-order valence-electron chi connectivity index (χ3n) is 5.39. The zero-order valence-electron chi connectivity index (χ0n) is 16.5. The van der Waals surface area contributed by atoms with E-state index < -0.39 is 0 Å². The van der Waals surface area contributed by atoms with Crippen molar-refractivity contribution in [2.75, 3.05) is 32.8 Å². The first-order valence-electron chi connectivity index (χ1n) is 9.86. The fourth-order valence-corrected chi connectivity index (χ4v) is 4.08. The Morgan fingerprint density at radius 1 is 1.30 bits per heavy atom. The van der Waals surface area contributed by atoms with E-state index in [2.05, 4.69) is 26.1 Å². The van der Waals surface area contributed by atoms with Crippen molar-refractivity contribution in [2.24, 2.45) is 11.3 Å². The second kappa shape index (κ2) is 8.57. The minimum absolute atomic E-state index is 0.0528. The zero-order valence-corrected chi connectivity index (χ0v) is 16.5. The molecular weight excluding hydrogens is 347 g/mol. The minimum Gasteiger partial charge on any atom is -0.377 e. The number of nitrogens with zero attached hydrogens (tertiary/aromatic N) is 1. The first-order chi connectivity index (χ1) is 12.8. The van der Waals surface area contributed by atoms with Crippen LogP contribution in [0.3, 0.4) is 0 Å². The number of carbonyl (C=O) groups excluding carboxylic acids is 1. The van der Waals surface area contributed by atoms with Gasteiger partial charge in [-0.15, -0.1) is 0 Å². The molecule has 2 aliphatic heterocycles. The lowest BCUT2D eigenvalue weighted by Crippen LogP contribution is -2.50. The van der Waals surface area contributed by atoms with Gasteiger partial charge in [0, 0.05) is 25.6 Å². The Morgan fingerprint density at radius 3 is 2.85 bits per heavy atom. The average Bonchev–Trinajstić information content (AvgIpc) is 2.66. The molecule has 6 heteroatoms. The number of amides is 2. The summed E-state index contributed by atoms with van der Waals surface area (Å²) in [4.78, 5) is 14.4. The Labute approximate surface area is 161 Å². The van der Waals surface area contributed by atoms with E-state index in [1.165, 1.54) is 12.1 Å². The van der Waals surface area contributed by atoms with Crippen molar-refractivity contribution >= 4 is 6.03 Å². The predicted octanol–water partition coefficient (Wildman–Crippen LogP) is 3.75. The molecule has 2 amide bonds. The number of hydrogen-bond donors (Lipinski definition) is 1. The van der Waals surface area contributed by atoms with Crippen LogP contribution in [0.15, 0.2) is 24.3 Å². The molecule has 2 aliphatic rings. The molecule has 1 aromatic carbocycles. The number of benzene rings is 1. The fraction of sp³-hybridized carbons (Fsp3) is 0.667. The largest absolute Gasteiger partial charge is 0.377 e. The van der Waals surface area contributed by atoms with Gasteiger partial charge in [0.25, 0.3) is 0 Å². The zero-order chi connectivity index (χ0) is 19.4. The van der Waals surface area contributed by atoms with Crippen LogP contribution in [0, 0.1) is 17.2 Å². The molecule has 0 radical (unpaired) electrons. The summed E-state index contributed by atoms with van der Waals surface area (Å²) < 4.78 is 25.2. The highest BCUT2D eigenvalue weighted by atomic mass is 19.1. The summed E-state index contributed by atoms with van der Waals surface area (Å²) in [6, 6.07) is 6.30. The molecule has 3 unspecified atom stereocenters. The number of nitrogens with one attached hydrogen (secondary N) is 1. The van der Waals surface area contributed by atoms with E-state index in [1.807, 2.05) is 6.07 Å². The van der Waals surface area contributed by atoms with E-state index in [4.69, 9.17) is 9.47 Å². The molecule has 0 spiro atoms. The van der Waals surface area contributed by atoms with E-state index in [0.29, 0.717) is 32.2 Å². The van der Waals surface area contributed by atoms with Crippen molar-refractivity contribution in [2.45, 2.75) is 45.8 Å². The molecule has 3 rings (SSSR count). The minimum atomic E-state index is -0.291. The number of ether oxygens (including phenoxy) is 2. The van der Waals surface area contributed by atoms with Crippen molar-refractivity contribution in [1.82, 2.24) is 10.2 Å². The first kappa shape index (κ1) is 20.1. The molecule has 1 N–H and O–H groups in total. The molecule has 150 valence electrons. The highest BCUT2D eigenvalue weighted by Crippen LogP contribution is 2.33. The van der Waals surface area contributed by atoms with E-state index in [1.54, 1.807) is 11.0 Å². The third-order valence-corrected chi connectivity index (χ3v) is 5.39. The smallest absolute Gasteiger partial charge is 0.317 e.